The van der Waals surface area contributed by atoms with E-state index in [1.54, 1.807) is 0 Å². The number of nitrogens with zero attached hydrogens (tertiary/aromatic N) is 4. The van der Waals surface area contributed by atoms with E-state index in [1.165, 1.54) is 11.1 Å². The van der Waals surface area contributed by atoms with Crippen LogP contribution >= 0.6 is 7.44 Å². The van der Waals surface area contributed by atoms with Gasteiger partial charge in [-0.25, -0.2) is 0 Å². The van der Waals surface area contributed by atoms with Gasteiger partial charge in [-0.3, -0.25) is 14.4 Å². The maximum Gasteiger partial charge on any atom is 0.284 e. The lowest BCUT2D eigenvalue weighted by Crippen LogP contribution is -2.50. The van der Waals surface area contributed by atoms with Crippen molar-refractivity contribution in [3.63, 3.8) is 0 Å². The van der Waals surface area contributed by atoms with Crippen LogP contribution in [0.3, 0.4) is 0 Å². The van der Waals surface area contributed by atoms with Crippen molar-refractivity contribution in [1.82, 2.24) is 9.80 Å². The first-order valence-electron chi connectivity index (χ1n) is 15.6. The molecule has 0 amide bonds. The quantitative estimate of drug-likeness (QED) is 0.168. The van der Waals surface area contributed by atoms with Crippen molar-refractivity contribution in [2.24, 2.45) is 0 Å². The molecular weight excluding hydrogens is 559 g/mol. The summed E-state index contributed by atoms with van der Waals surface area (Å²) in [6.07, 6.45) is 0. The SMILES string of the molecule is O=P1(C(c2ccccc2)N2CCN(C(c3ccccc3)c3ccccc3)CC2)N(c2ccccc2)CCN1c1ccccc1. The molecule has 0 aliphatic carbocycles. The zero-order valence-corrected chi connectivity index (χ0v) is 25.9. The third kappa shape index (κ3) is 5.48. The minimum atomic E-state index is -3.22. The van der Waals surface area contributed by atoms with Crippen LogP contribution in [0.4, 0.5) is 11.4 Å². The number of benzene rings is 5. The molecule has 2 heterocycles. The first-order valence-corrected chi connectivity index (χ1v) is 17.3. The molecule has 0 bridgehead atoms. The second kappa shape index (κ2) is 12.8. The highest BCUT2D eigenvalue weighted by atomic mass is 31.2. The molecule has 2 aliphatic heterocycles. The molecule has 1 unspecified atom stereocenters. The van der Waals surface area contributed by atoms with E-state index in [0.717, 1.165) is 43.1 Å². The summed E-state index contributed by atoms with van der Waals surface area (Å²) in [7, 11) is -3.22. The number of hydrogen-bond donors (Lipinski definition) is 0. The van der Waals surface area contributed by atoms with E-state index in [9.17, 15) is 0 Å². The number of anilines is 2. The molecule has 2 aliphatic rings. The number of para-hydroxylation sites is 2. The first-order chi connectivity index (χ1) is 21.7. The normalized spacial score (nSPS) is 18.0. The van der Waals surface area contributed by atoms with Gasteiger partial charge in [-0.15, -0.1) is 0 Å². The Morgan fingerprint density at radius 1 is 0.409 bits per heavy atom. The maximum absolute atomic E-state index is 16.1. The van der Waals surface area contributed by atoms with Crippen LogP contribution in [0.5, 0.6) is 0 Å². The van der Waals surface area contributed by atoms with Crippen LogP contribution in [0.1, 0.15) is 28.5 Å². The Labute approximate surface area is 261 Å². The molecule has 222 valence electrons. The molecular formula is C38H39N4OP. The molecule has 0 N–H and O–H groups in total. The van der Waals surface area contributed by atoms with Gasteiger partial charge in [0.2, 0.25) is 0 Å². The third-order valence-electron chi connectivity index (χ3n) is 9.03. The van der Waals surface area contributed by atoms with Crippen LogP contribution in [0.15, 0.2) is 152 Å². The molecule has 0 saturated carbocycles. The summed E-state index contributed by atoms with van der Waals surface area (Å²) in [5.74, 6) is -0.277. The van der Waals surface area contributed by atoms with Crippen molar-refractivity contribution in [3.05, 3.63) is 168 Å². The minimum absolute atomic E-state index is 0.179. The Bertz CT molecular complexity index is 1570. The van der Waals surface area contributed by atoms with Crippen molar-refractivity contribution in [1.29, 1.82) is 0 Å². The van der Waals surface area contributed by atoms with Gasteiger partial charge in [0.1, 0.15) is 5.78 Å². The molecule has 0 radical (unpaired) electrons. The van der Waals surface area contributed by atoms with E-state index in [2.05, 4.69) is 159 Å². The Balaban J connectivity index is 1.27. The van der Waals surface area contributed by atoms with Crippen LogP contribution in [-0.4, -0.2) is 49.1 Å². The van der Waals surface area contributed by atoms with Crippen molar-refractivity contribution < 1.29 is 4.57 Å². The number of piperazine rings is 1. The summed E-state index contributed by atoms with van der Waals surface area (Å²) in [5, 5.41) is 0. The molecule has 0 aromatic heterocycles. The Hall–Kier alpha value is -4.15. The van der Waals surface area contributed by atoms with Gasteiger partial charge < -0.3 is 9.34 Å². The minimum Gasteiger partial charge on any atom is -0.304 e. The highest BCUT2D eigenvalue weighted by molar-refractivity contribution is 7.67. The topological polar surface area (TPSA) is 30.0 Å². The number of rotatable bonds is 8. The third-order valence-corrected chi connectivity index (χ3v) is 12.5. The van der Waals surface area contributed by atoms with Gasteiger partial charge >= 0.3 is 0 Å². The molecule has 7 rings (SSSR count). The van der Waals surface area contributed by atoms with E-state index in [0.29, 0.717) is 13.1 Å². The molecule has 6 heteroatoms. The van der Waals surface area contributed by atoms with Crippen molar-refractivity contribution in [3.8, 4) is 0 Å². The second-order valence-electron chi connectivity index (χ2n) is 11.6. The van der Waals surface area contributed by atoms with Gasteiger partial charge in [0.25, 0.3) is 7.44 Å². The molecule has 5 aromatic carbocycles. The zero-order chi connectivity index (χ0) is 29.8. The van der Waals surface area contributed by atoms with Gasteiger partial charge in [-0.05, 0) is 41.0 Å². The van der Waals surface area contributed by atoms with Crippen LogP contribution in [0.25, 0.3) is 0 Å². The molecule has 5 nitrogen and oxygen atoms in total. The second-order valence-corrected chi connectivity index (χ2v) is 14.2. The lowest BCUT2D eigenvalue weighted by Gasteiger charge is -2.47. The molecule has 1 atom stereocenters. The summed E-state index contributed by atoms with van der Waals surface area (Å²) in [6, 6.07) is 53.1. The van der Waals surface area contributed by atoms with E-state index in [1.807, 2.05) is 12.1 Å². The molecule has 5 aromatic rings. The predicted molar refractivity (Wildman–Crippen MR) is 182 cm³/mol. The molecule has 44 heavy (non-hydrogen) atoms. The Morgan fingerprint density at radius 2 is 0.750 bits per heavy atom. The van der Waals surface area contributed by atoms with E-state index < -0.39 is 7.44 Å². The summed E-state index contributed by atoms with van der Waals surface area (Å²) < 4.78 is 20.5. The van der Waals surface area contributed by atoms with Gasteiger partial charge in [-0.1, -0.05) is 127 Å². The summed E-state index contributed by atoms with van der Waals surface area (Å²) >= 11 is 0. The van der Waals surface area contributed by atoms with Crippen molar-refractivity contribution in [2.45, 2.75) is 11.8 Å². The van der Waals surface area contributed by atoms with Crippen LogP contribution < -0.4 is 9.34 Å². The lowest BCUT2D eigenvalue weighted by molar-refractivity contribution is 0.0989. The zero-order valence-electron chi connectivity index (χ0n) is 25.0. The smallest absolute Gasteiger partial charge is 0.284 e. The van der Waals surface area contributed by atoms with Gasteiger partial charge in [0.05, 0.1) is 6.04 Å². The lowest BCUT2D eigenvalue weighted by atomic mass is 9.96. The number of hydrogen-bond acceptors (Lipinski definition) is 3. The van der Waals surface area contributed by atoms with Gasteiger partial charge in [0, 0.05) is 50.6 Å². The van der Waals surface area contributed by atoms with Gasteiger partial charge in [-0.2, -0.15) is 0 Å². The summed E-state index contributed by atoms with van der Waals surface area (Å²) in [4.78, 5) is 5.09. The summed E-state index contributed by atoms with van der Waals surface area (Å²) in [5.41, 5.74) is 5.75. The van der Waals surface area contributed by atoms with Gasteiger partial charge in [0.15, 0.2) is 0 Å². The molecule has 2 saturated heterocycles. The maximum atomic E-state index is 16.1. The largest absolute Gasteiger partial charge is 0.304 e. The average molecular weight is 599 g/mol. The average Bonchev–Trinajstić information content (AvgIpc) is 3.45. The molecule has 2 fully saturated rings. The van der Waals surface area contributed by atoms with Crippen molar-refractivity contribution >= 4 is 18.8 Å². The van der Waals surface area contributed by atoms with Crippen LogP contribution in [0, 0.1) is 0 Å². The molecule has 0 spiro atoms. The Kier molecular flexibility index (Phi) is 8.35. The standard InChI is InChI=1S/C38H39N4OP/c43-44(41(35-22-12-4-13-23-35)30-31-42(44)36-24-14-5-15-25-36)38(34-20-10-3-11-21-34)40-28-26-39(27-29-40)37(32-16-6-1-7-17-32)33-18-8-2-9-19-33/h1-25,37-38H,26-31H2. The van der Waals surface area contributed by atoms with E-state index in [-0.39, 0.29) is 11.8 Å². The van der Waals surface area contributed by atoms with Crippen LogP contribution in [-0.2, 0) is 4.57 Å². The monoisotopic (exact) mass is 598 g/mol. The van der Waals surface area contributed by atoms with Crippen LogP contribution in [0.2, 0.25) is 0 Å². The summed E-state index contributed by atoms with van der Waals surface area (Å²) in [6.45, 7) is 4.84. The fraction of sp³-hybridized carbons (Fsp3) is 0.211. The predicted octanol–water partition coefficient (Wildman–Crippen LogP) is 8.31. The van der Waals surface area contributed by atoms with E-state index >= 15 is 4.57 Å². The highest BCUT2D eigenvalue weighted by Gasteiger charge is 2.52. The fourth-order valence-electron chi connectivity index (χ4n) is 7.03. The first kappa shape index (κ1) is 28.6. The van der Waals surface area contributed by atoms with E-state index in [4.69, 9.17) is 0 Å². The fourth-order valence-corrected chi connectivity index (χ4v) is 10.7. The Morgan fingerprint density at radius 3 is 1.16 bits per heavy atom. The van der Waals surface area contributed by atoms with Crippen molar-refractivity contribution in [2.75, 3.05) is 48.6 Å². The highest BCUT2D eigenvalue weighted by Crippen LogP contribution is 2.69.